The number of hydrogen-bond acceptors (Lipinski definition) is 5. The predicted octanol–water partition coefficient (Wildman–Crippen LogP) is 3.78. The quantitative estimate of drug-likeness (QED) is 0.525. The zero-order chi connectivity index (χ0) is 19.0. The Morgan fingerprint density at radius 1 is 1.27 bits per heavy atom. The number of likely N-dealkylation sites (tertiary alicyclic amines) is 1. The van der Waals surface area contributed by atoms with Gasteiger partial charge in [0, 0.05) is 13.1 Å². The summed E-state index contributed by atoms with van der Waals surface area (Å²) in [5, 5.41) is 2.58. The molecule has 26 heavy (non-hydrogen) atoms. The van der Waals surface area contributed by atoms with Gasteiger partial charge >= 0.3 is 13.8 Å². The molecule has 7 nitrogen and oxygen atoms in total. The Morgan fingerprint density at radius 3 is 2.54 bits per heavy atom. The van der Waals surface area contributed by atoms with Crippen LogP contribution in [-0.4, -0.2) is 48.7 Å². The average Bonchev–Trinajstić information content (AvgIpc) is 2.63. The van der Waals surface area contributed by atoms with E-state index in [-0.39, 0.29) is 31.7 Å². The second kappa shape index (κ2) is 10.3. The van der Waals surface area contributed by atoms with E-state index >= 15 is 0 Å². The van der Waals surface area contributed by atoms with Crippen molar-refractivity contribution in [2.24, 2.45) is 0 Å². The standard InChI is InChI=1S/C17H26ClN2O5P/c1-3-24-26(22,25-4-2)19-16-12-20(11-10-15(16)18)17(21)23-13-14-8-6-5-7-9-14/h5-9,15-16H,3-4,10-13H2,1-2H3,(H,19,22)/t15-,16-/m1/s1. The van der Waals surface area contributed by atoms with Crippen LogP contribution in [0.15, 0.2) is 30.3 Å². The summed E-state index contributed by atoms with van der Waals surface area (Å²) in [6.07, 6.45) is 0.129. The molecule has 0 radical (unpaired) electrons. The smallest absolute Gasteiger partial charge is 0.410 e. The number of benzene rings is 1. The molecule has 1 saturated heterocycles. The van der Waals surface area contributed by atoms with Crippen molar-refractivity contribution in [3.8, 4) is 0 Å². The van der Waals surface area contributed by atoms with Gasteiger partial charge in [-0.15, -0.1) is 11.6 Å². The second-order valence-electron chi connectivity index (χ2n) is 5.86. The zero-order valence-corrected chi connectivity index (χ0v) is 16.7. The summed E-state index contributed by atoms with van der Waals surface area (Å²) >= 11 is 6.36. The predicted molar refractivity (Wildman–Crippen MR) is 100 cm³/mol. The number of carbonyl (C=O) groups is 1. The summed E-state index contributed by atoms with van der Waals surface area (Å²) in [7, 11) is -3.46. The fourth-order valence-corrected chi connectivity index (χ4v) is 4.58. The lowest BCUT2D eigenvalue weighted by Crippen LogP contribution is -2.52. The highest BCUT2D eigenvalue weighted by molar-refractivity contribution is 7.51. The first-order chi connectivity index (χ1) is 12.5. The number of halogens is 1. The molecule has 1 aromatic carbocycles. The largest absolute Gasteiger partial charge is 0.445 e. The minimum absolute atomic E-state index is 0.203. The molecule has 0 unspecified atom stereocenters. The molecule has 0 saturated carbocycles. The third-order valence-electron chi connectivity index (χ3n) is 3.91. The number of nitrogens with zero attached hydrogens (tertiary/aromatic N) is 1. The Balaban J connectivity index is 1.93. The highest BCUT2D eigenvalue weighted by Crippen LogP contribution is 2.45. The number of hydrogen-bond donors (Lipinski definition) is 1. The van der Waals surface area contributed by atoms with Crippen molar-refractivity contribution in [1.82, 2.24) is 9.99 Å². The molecule has 1 aromatic rings. The van der Waals surface area contributed by atoms with E-state index in [2.05, 4.69) is 5.09 Å². The summed E-state index contributed by atoms with van der Waals surface area (Å²) in [6.45, 7) is 4.91. The number of ether oxygens (including phenoxy) is 1. The van der Waals surface area contributed by atoms with Crippen molar-refractivity contribution in [1.29, 1.82) is 0 Å². The maximum absolute atomic E-state index is 12.7. The first-order valence-corrected chi connectivity index (χ1v) is 10.7. The van der Waals surface area contributed by atoms with Crippen LogP contribution in [-0.2, 0) is 25.0 Å². The normalized spacial score (nSPS) is 20.8. The molecule has 1 aliphatic heterocycles. The van der Waals surface area contributed by atoms with Crippen molar-refractivity contribution >= 4 is 25.4 Å². The van der Waals surface area contributed by atoms with Crippen molar-refractivity contribution in [3.63, 3.8) is 0 Å². The number of nitrogens with one attached hydrogen (secondary N) is 1. The molecule has 1 N–H and O–H groups in total. The fraction of sp³-hybridized carbons (Fsp3) is 0.588. The Bertz CT molecular complexity index is 608. The van der Waals surface area contributed by atoms with Gasteiger partial charge in [-0.05, 0) is 25.8 Å². The first kappa shape index (κ1) is 21.2. The van der Waals surface area contributed by atoms with Gasteiger partial charge in [-0.2, -0.15) is 0 Å². The molecular formula is C17H26ClN2O5P. The monoisotopic (exact) mass is 404 g/mol. The fourth-order valence-electron chi connectivity index (χ4n) is 2.68. The second-order valence-corrected chi connectivity index (χ2v) is 8.19. The summed E-state index contributed by atoms with van der Waals surface area (Å²) in [4.78, 5) is 13.9. The minimum Gasteiger partial charge on any atom is -0.445 e. The molecule has 9 heteroatoms. The van der Waals surface area contributed by atoms with E-state index in [4.69, 9.17) is 25.4 Å². The summed E-state index contributed by atoms with van der Waals surface area (Å²) in [6, 6.07) is 9.05. The van der Waals surface area contributed by atoms with Crippen LogP contribution in [0.4, 0.5) is 4.79 Å². The van der Waals surface area contributed by atoms with Crippen molar-refractivity contribution in [2.75, 3.05) is 26.3 Å². The Hall–Kier alpha value is -1.11. The maximum Gasteiger partial charge on any atom is 0.410 e. The van der Waals surface area contributed by atoms with Crippen LogP contribution in [0.1, 0.15) is 25.8 Å². The Kier molecular flexibility index (Phi) is 8.38. The number of amides is 1. The van der Waals surface area contributed by atoms with E-state index in [0.717, 1.165) is 5.56 Å². The molecular weight excluding hydrogens is 379 g/mol. The number of rotatable bonds is 8. The minimum atomic E-state index is -3.46. The summed E-state index contributed by atoms with van der Waals surface area (Å²) in [5.41, 5.74) is 0.917. The topological polar surface area (TPSA) is 77.1 Å². The summed E-state index contributed by atoms with van der Waals surface area (Å²) < 4.78 is 28.5. The molecule has 0 aliphatic carbocycles. The zero-order valence-electron chi connectivity index (χ0n) is 15.1. The average molecular weight is 405 g/mol. The molecule has 0 spiro atoms. The highest BCUT2D eigenvalue weighted by atomic mass is 35.5. The molecule has 1 amide bonds. The molecule has 0 bridgehead atoms. The van der Waals surface area contributed by atoms with Gasteiger partial charge in [0.1, 0.15) is 6.61 Å². The molecule has 1 aliphatic rings. The molecule has 2 rings (SSSR count). The van der Waals surface area contributed by atoms with Crippen LogP contribution < -0.4 is 5.09 Å². The molecule has 146 valence electrons. The van der Waals surface area contributed by atoms with Crippen LogP contribution in [0.5, 0.6) is 0 Å². The lowest BCUT2D eigenvalue weighted by atomic mass is 10.1. The lowest BCUT2D eigenvalue weighted by Gasteiger charge is -2.36. The number of piperidine rings is 1. The van der Waals surface area contributed by atoms with E-state index in [0.29, 0.717) is 13.0 Å². The van der Waals surface area contributed by atoms with Gasteiger partial charge in [0.05, 0.1) is 24.6 Å². The lowest BCUT2D eigenvalue weighted by molar-refractivity contribution is 0.0842. The number of carbonyl (C=O) groups excluding carboxylic acids is 1. The summed E-state index contributed by atoms with van der Waals surface area (Å²) in [5.74, 6) is 0. The molecule has 0 aromatic heterocycles. The molecule has 1 heterocycles. The van der Waals surface area contributed by atoms with E-state index in [1.165, 1.54) is 0 Å². The number of alkyl halides is 1. The molecule has 1 fully saturated rings. The van der Waals surface area contributed by atoms with Gasteiger partial charge in [-0.1, -0.05) is 30.3 Å². The molecule has 2 atom stereocenters. The Morgan fingerprint density at radius 2 is 1.92 bits per heavy atom. The SMILES string of the molecule is CCOP(=O)(N[C@@H]1CN(C(=O)OCc2ccccc2)CC[C@H]1Cl)OCC. The van der Waals surface area contributed by atoms with Crippen molar-refractivity contribution in [3.05, 3.63) is 35.9 Å². The maximum atomic E-state index is 12.7. The van der Waals surface area contributed by atoms with E-state index in [1.54, 1.807) is 18.7 Å². The van der Waals surface area contributed by atoms with E-state index < -0.39 is 19.9 Å². The van der Waals surface area contributed by atoms with Crippen molar-refractivity contribution in [2.45, 2.75) is 38.3 Å². The van der Waals surface area contributed by atoms with Crippen LogP contribution in [0.3, 0.4) is 0 Å². The van der Waals surface area contributed by atoms with Gasteiger partial charge in [-0.25, -0.2) is 14.4 Å². The first-order valence-electron chi connectivity index (χ1n) is 8.74. The Labute approximate surface area is 159 Å². The third-order valence-corrected chi connectivity index (χ3v) is 6.28. The van der Waals surface area contributed by atoms with E-state index in [1.807, 2.05) is 30.3 Å². The van der Waals surface area contributed by atoms with Crippen molar-refractivity contribution < 1.29 is 23.1 Å². The van der Waals surface area contributed by atoms with Crippen LogP contribution >= 0.6 is 19.3 Å². The third kappa shape index (κ3) is 6.25. The highest BCUT2D eigenvalue weighted by Gasteiger charge is 2.36. The van der Waals surface area contributed by atoms with Crippen LogP contribution in [0, 0.1) is 0 Å². The van der Waals surface area contributed by atoms with Gasteiger partial charge in [0.25, 0.3) is 0 Å². The van der Waals surface area contributed by atoms with Gasteiger partial charge in [0.15, 0.2) is 0 Å². The van der Waals surface area contributed by atoms with Gasteiger partial charge in [-0.3, -0.25) is 9.05 Å². The van der Waals surface area contributed by atoms with Crippen LogP contribution in [0.2, 0.25) is 0 Å². The van der Waals surface area contributed by atoms with E-state index in [9.17, 15) is 9.36 Å². The van der Waals surface area contributed by atoms with Crippen LogP contribution in [0.25, 0.3) is 0 Å². The van der Waals surface area contributed by atoms with Gasteiger partial charge in [0.2, 0.25) is 0 Å². The van der Waals surface area contributed by atoms with Gasteiger partial charge < -0.3 is 9.64 Å².